The maximum Gasteiger partial charge on any atom is 0.171 e. The van der Waals surface area contributed by atoms with Gasteiger partial charge in [-0.2, -0.15) is 5.26 Å². The molecule has 22 heavy (non-hydrogen) atoms. The third-order valence-electron chi connectivity index (χ3n) is 4.96. The molecule has 0 aromatic carbocycles. The molecule has 0 spiro atoms. The Hall–Kier alpha value is -1.31. The number of pyridine rings is 1. The molecule has 0 N–H and O–H groups in total. The van der Waals surface area contributed by atoms with Gasteiger partial charge in [0.1, 0.15) is 11.7 Å². The van der Waals surface area contributed by atoms with Gasteiger partial charge in [0, 0.05) is 11.6 Å². The summed E-state index contributed by atoms with van der Waals surface area (Å²) in [5.74, 6) is 0. The van der Waals surface area contributed by atoms with Crippen molar-refractivity contribution in [1.82, 2.24) is 9.22 Å². The van der Waals surface area contributed by atoms with Crippen LogP contribution in [0.15, 0.2) is 18.5 Å². The summed E-state index contributed by atoms with van der Waals surface area (Å²) in [6.45, 7) is 13.9. The van der Waals surface area contributed by atoms with E-state index in [1.807, 2.05) is 6.07 Å². The zero-order valence-electron chi connectivity index (χ0n) is 14.2. The summed E-state index contributed by atoms with van der Waals surface area (Å²) in [4.78, 5) is 4.58. The largest absolute Gasteiger partial charge is 0.359 e. The van der Waals surface area contributed by atoms with Gasteiger partial charge in [0.2, 0.25) is 0 Å². The summed E-state index contributed by atoms with van der Waals surface area (Å²) in [5, 5.41) is 10.5. The fourth-order valence-electron chi connectivity index (χ4n) is 4.28. The third kappa shape index (κ3) is 2.28. The minimum absolute atomic E-state index is 0.442. The second-order valence-corrected chi connectivity index (χ2v) is 13.0. The molecule has 0 amide bonds. The quantitative estimate of drug-likeness (QED) is 0.685. The van der Waals surface area contributed by atoms with Crippen LogP contribution in [-0.2, 0) is 0 Å². The summed E-state index contributed by atoms with van der Waals surface area (Å²) in [6.07, 6.45) is 3.73. The Balaban J connectivity index is 2.83. The summed E-state index contributed by atoms with van der Waals surface area (Å²) < 4.78 is 2.41. The van der Waals surface area contributed by atoms with E-state index >= 15 is 0 Å². The van der Waals surface area contributed by atoms with Crippen molar-refractivity contribution in [3.63, 3.8) is 0 Å². The van der Waals surface area contributed by atoms with Crippen molar-refractivity contribution >= 4 is 30.9 Å². The summed E-state index contributed by atoms with van der Waals surface area (Å²) in [5.41, 5.74) is 3.11. The topological polar surface area (TPSA) is 41.6 Å². The molecule has 0 aliphatic carbocycles. The van der Waals surface area contributed by atoms with E-state index in [9.17, 15) is 0 Å². The fourth-order valence-corrected chi connectivity index (χ4v) is 11.1. The zero-order valence-corrected chi connectivity index (χ0v) is 15.9. The van der Waals surface area contributed by atoms with Crippen LogP contribution in [0.25, 0.3) is 11.0 Å². The van der Waals surface area contributed by atoms with Crippen LogP contribution in [0.5, 0.6) is 0 Å². The molecule has 2 aromatic heterocycles. The van der Waals surface area contributed by atoms with E-state index in [1.165, 1.54) is 0 Å². The van der Waals surface area contributed by atoms with Gasteiger partial charge in [-0.1, -0.05) is 53.1 Å². The van der Waals surface area contributed by atoms with Crippen LogP contribution in [0.2, 0.25) is 21.6 Å². The van der Waals surface area contributed by atoms with Gasteiger partial charge in [0.25, 0.3) is 0 Å². The zero-order chi connectivity index (χ0) is 16.7. The number of nitriles is 1. The van der Waals surface area contributed by atoms with E-state index in [0.717, 1.165) is 11.0 Å². The lowest BCUT2D eigenvalue weighted by molar-refractivity contribution is 0.770. The predicted molar refractivity (Wildman–Crippen MR) is 95.9 cm³/mol. The minimum Gasteiger partial charge on any atom is -0.359 e. The van der Waals surface area contributed by atoms with Crippen LogP contribution in [0, 0.1) is 11.3 Å². The first-order chi connectivity index (χ1) is 10.3. The van der Waals surface area contributed by atoms with Crippen molar-refractivity contribution in [3.8, 4) is 6.07 Å². The van der Waals surface area contributed by atoms with E-state index in [-0.39, 0.29) is 0 Å². The van der Waals surface area contributed by atoms with Crippen LogP contribution < -0.4 is 0 Å². The second kappa shape index (κ2) is 6.06. The molecule has 0 atom stereocenters. The van der Waals surface area contributed by atoms with E-state index in [1.54, 1.807) is 6.20 Å². The van der Waals surface area contributed by atoms with Gasteiger partial charge in [-0.25, -0.2) is 4.98 Å². The molecule has 0 fully saturated rings. The molecule has 0 aliphatic rings. The Labute approximate surface area is 139 Å². The summed E-state index contributed by atoms with van der Waals surface area (Å²) in [7, 11) is -1.85. The molecule has 2 aromatic rings. The van der Waals surface area contributed by atoms with Gasteiger partial charge < -0.3 is 4.23 Å². The van der Waals surface area contributed by atoms with Gasteiger partial charge in [-0.15, -0.1) is 0 Å². The highest BCUT2D eigenvalue weighted by Crippen LogP contribution is 2.44. The Bertz CT molecular complexity index is 704. The lowest BCUT2D eigenvalue weighted by atomic mass is 10.2. The van der Waals surface area contributed by atoms with Gasteiger partial charge >= 0.3 is 0 Å². The Morgan fingerprint density at radius 1 is 1.14 bits per heavy atom. The van der Waals surface area contributed by atoms with Crippen LogP contribution in [0.3, 0.4) is 0 Å². The van der Waals surface area contributed by atoms with Crippen molar-refractivity contribution < 1.29 is 0 Å². The maximum absolute atomic E-state index is 9.14. The Morgan fingerprint density at radius 3 is 2.14 bits per heavy atom. The molecule has 0 aliphatic heterocycles. The molecule has 0 bridgehead atoms. The number of nitrogens with zero attached hydrogens (tertiary/aromatic N) is 3. The lowest BCUT2D eigenvalue weighted by Gasteiger charge is -2.44. The molecule has 2 rings (SSSR count). The summed E-state index contributed by atoms with van der Waals surface area (Å²) in [6, 6.07) is 4.13. The van der Waals surface area contributed by atoms with Crippen molar-refractivity contribution in [2.45, 2.75) is 58.2 Å². The molecule has 2 heterocycles. The average Bonchev–Trinajstić information content (AvgIpc) is 2.84. The van der Waals surface area contributed by atoms with Gasteiger partial charge in [0.15, 0.2) is 8.24 Å². The van der Waals surface area contributed by atoms with E-state index in [0.29, 0.717) is 27.2 Å². The van der Waals surface area contributed by atoms with Gasteiger partial charge in [-0.05, 0) is 28.9 Å². The first-order valence-corrected chi connectivity index (χ1v) is 10.4. The molecule has 0 saturated carbocycles. The van der Waals surface area contributed by atoms with Crippen LogP contribution in [0.4, 0.5) is 0 Å². The highest BCUT2D eigenvalue weighted by Gasteiger charge is 2.46. The summed E-state index contributed by atoms with van der Waals surface area (Å²) >= 11 is 6.38. The normalized spacial score (nSPS) is 12.6. The molecule has 3 nitrogen and oxygen atoms in total. The van der Waals surface area contributed by atoms with Crippen LogP contribution in [0.1, 0.15) is 47.1 Å². The first kappa shape index (κ1) is 17.0. The standard InChI is InChI=1S/C17H24ClN3Si/c1-11(2)22(12(3)4,13(5)6)21-8-7-15-16(18)14(9-19)10-20-17(15)21/h7-8,10-13H,1-6H3. The second-order valence-electron chi connectivity index (χ2n) is 6.87. The number of fused-ring (bicyclic) bond motifs is 1. The van der Waals surface area contributed by atoms with Crippen molar-refractivity contribution in [3.05, 3.63) is 29.0 Å². The number of halogens is 1. The Morgan fingerprint density at radius 2 is 1.68 bits per heavy atom. The maximum atomic E-state index is 9.14. The molecule has 5 heteroatoms. The number of hydrogen-bond donors (Lipinski definition) is 0. The first-order valence-electron chi connectivity index (χ1n) is 7.84. The van der Waals surface area contributed by atoms with Crippen molar-refractivity contribution in [2.24, 2.45) is 0 Å². The number of aromatic nitrogens is 2. The monoisotopic (exact) mass is 333 g/mol. The molecule has 0 radical (unpaired) electrons. The van der Waals surface area contributed by atoms with Crippen molar-refractivity contribution in [1.29, 1.82) is 5.26 Å². The smallest absolute Gasteiger partial charge is 0.171 e. The highest BCUT2D eigenvalue weighted by molar-refractivity contribution is 6.82. The fraction of sp³-hybridized carbons (Fsp3) is 0.529. The molecular weight excluding hydrogens is 310 g/mol. The van der Waals surface area contributed by atoms with E-state index in [2.05, 4.69) is 63.0 Å². The average molecular weight is 334 g/mol. The van der Waals surface area contributed by atoms with Gasteiger partial charge in [0.05, 0.1) is 10.6 Å². The third-order valence-corrected chi connectivity index (χ3v) is 12.1. The van der Waals surface area contributed by atoms with Gasteiger partial charge in [-0.3, -0.25) is 0 Å². The Kier molecular flexibility index (Phi) is 4.69. The molecule has 0 saturated heterocycles. The highest BCUT2D eigenvalue weighted by atomic mass is 35.5. The molecule has 118 valence electrons. The SMILES string of the molecule is CC(C)[Si](C(C)C)(C(C)C)n1ccc2c(Cl)c(C#N)cnc21. The number of hydrogen-bond acceptors (Lipinski definition) is 2. The lowest BCUT2D eigenvalue weighted by Crippen LogP contribution is -2.51. The van der Waals surface area contributed by atoms with Crippen LogP contribution in [-0.4, -0.2) is 17.5 Å². The minimum atomic E-state index is -1.85. The van der Waals surface area contributed by atoms with E-state index in [4.69, 9.17) is 16.9 Å². The molecule has 0 unspecified atom stereocenters. The predicted octanol–water partition coefficient (Wildman–Crippen LogP) is 5.58. The van der Waals surface area contributed by atoms with E-state index < -0.39 is 8.24 Å². The van der Waals surface area contributed by atoms with Crippen molar-refractivity contribution in [2.75, 3.05) is 0 Å². The van der Waals surface area contributed by atoms with Crippen LogP contribution >= 0.6 is 11.6 Å². The molecular formula is C17H24ClN3Si. The number of rotatable bonds is 4.